The molecule has 0 saturated heterocycles. The van der Waals surface area contributed by atoms with Crippen LogP contribution in [0.3, 0.4) is 0 Å². The third-order valence-electron chi connectivity index (χ3n) is 1.23. The maximum absolute atomic E-state index is 11.7. The number of benzene rings is 1. The van der Waals surface area contributed by atoms with Crippen LogP contribution in [-0.4, -0.2) is 11.7 Å². The number of ether oxygens (including phenoxy) is 1. The van der Waals surface area contributed by atoms with E-state index in [-0.39, 0.29) is 5.75 Å². The average molecular weight is 173 g/mol. The van der Waals surface area contributed by atoms with Gasteiger partial charge in [-0.3, -0.25) is 0 Å². The van der Waals surface area contributed by atoms with Crippen molar-refractivity contribution in [2.24, 2.45) is 0 Å². The summed E-state index contributed by atoms with van der Waals surface area (Å²) in [6.45, 7) is -2.02. The van der Waals surface area contributed by atoms with Gasteiger partial charge in [-0.05, 0) is 17.7 Å². The standard InChI is InChI=1S/C8H7F2O2/c9-8(10)12-7-3-1-2-6(4-7)5-11/h1-5,8,11H. The van der Waals surface area contributed by atoms with Crippen LogP contribution in [0.25, 0.3) is 0 Å². The Bertz CT molecular complexity index is 251. The summed E-state index contributed by atoms with van der Waals surface area (Å²) < 4.78 is 27.4. The molecule has 0 bridgehead atoms. The topological polar surface area (TPSA) is 29.5 Å². The van der Waals surface area contributed by atoms with Gasteiger partial charge in [0, 0.05) is 0 Å². The molecule has 0 atom stereocenters. The summed E-state index contributed by atoms with van der Waals surface area (Å²) in [5.41, 5.74) is 0.424. The van der Waals surface area contributed by atoms with E-state index in [1.54, 1.807) is 6.07 Å². The number of halogens is 2. The second-order valence-corrected chi connectivity index (χ2v) is 2.08. The van der Waals surface area contributed by atoms with E-state index in [9.17, 15) is 8.78 Å². The fourth-order valence-electron chi connectivity index (χ4n) is 0.771. The molecule has 1 aromatic carbocycles. The highest BCUT2D eigenvalue weighted by atomic mass is 19.3. The largest absolute Gasteiger partial charge is 0.435 e. The predicted molar refractivity (Wildman–Crippen MR) is 38.4 cm³/mol. The zero-order chi connectivity index (χ0) is 8.97. The Labute approximate surface area is 68.4 Å². The van der Waals surface area contributed by atoms with Crippen LogP contribution in [0, 0.1) is 6.61 Å². The molecule has 0 aliphatic carbocycles. The Hall–Kier alpha value is -1.16. The van der Waals surface area contributed by atoms with Crippen molar-refractivity contribution in [2.45, 2.75) is 6.61 Å². The minimum absolute atomic E-state index is 0.0350. The molecule has 1 radical (unpaired) electrons. The van der Waals surface area contributed by atoms with Crippen molar-refractivity contribution in [3.05, 3.63) is 36.4 Å². The molecule has 4 heteroatoms. The van der Waals surface area contributed by atoms with Crippen LogP contribution < -0.4 is 4.74 Å². The zero-order valence-corrected chi connectivity index (χ0v) is 6.08. The second-order valence-electron chi connectivity index (χ2n) is 2.08. The Balaban J connectivity index is 2.72. The van der Waals surface area contributed by atoms with Crippen molar-refractivity contribution in [2.75, 3.05) is 0 Å². The van der Waals surface area contributed by atoms with Crippen molar-refractivity contribution in [1.82, 2.24) is 0 Å². The summed E-state index contributed by atoms with van der Waals surface area (Å²) in [6, 6.07) is 5.78. The molecular weight excluding hydrogens is 166 g/mol. The van der Waals surface area contributed by atoms with Gasteiger partial charge in [-0.1, -0.05) is 12.1 Å². The summed E-state index contributed by atoms with van der Waals surface area (Å²) in [6.07, 6.45) is 0. The lowest BCUT2D eigenvalue weighted by Crippen LogP contribution is -2.01. The lowest BCUT2D eigenvalue weighted by atomic mass is 10.2. The third kappa shape index (κ3) is 2.47. The lowest BCUT2D eigenvalue weighted by Gasteiger charge is -2.04. The van der Waals surface area contributed by atoms with Gasteiger partial charge in [-0.25, -0.2) is 0 Å². The fraction of sp³-hybridized carbons (Fsp3) is 0.125. The molecule has 0 aliphatic heterocycles. The molecule has 0 aromatic heterocycles. The minimum Gasteiger partial charge on any atom is -0.435 e. The van der Waals surface area contributed by atoms with Gasteiger partial charge in [0.2, 0.25) is 0 Å². The Morgan fingerprint density at radius 1 is 1.42 bits per heavy atom. The van der Waals surface area contributed by atoms with Gasteiger partial charge in [-0.2, -0.15) is 8.78 Å². The number of aliphatic hydroxyl groups is 1. The van der Waals surface area contributed by atoms with Gasteiger partial charge in [0.25, 0.3) is 0 Å². The van der Waals surface area contributed by atoms with E-state index >= 15 is 0 Å². The first-order valence-corrected chi connectivity index (χ1v) is 3.24. The van der Waals surface area contributed by atoms with Gasteiger partial charge in [0.1, 0.15) is 12.4 Å². The molecule has 0 amide bonds. The molecule has 0 unspecified atom stereocenters. The van der Waals surface area contributed by atoms with Crippen LogP contribution in [0.15, 0.2) is 24.3 Å². The Kier molecular flexibility index (Phi) is 2.99. The van der Waals surface area contributed by atoms with Crippen molar-refractivity contribution >= 4 is 0 Å². The maximum atomic E-state index is 11.7. The second kappa shape index (κ2) is 4.01. The summed E-state index contributed by atoms with van der Waals surface area (Å²) in [5, 5.41) is 8.53. The molecule has 0 fully saturated rings. The quantitative estimate of drug-likeness (QED) is 0.758. The van der Waals surface area contributed by atoms with Crippen LogP contribution >= 0.6 is 0 Å². The Morgan fingerprint density at radius 3 is 2.75 bits per heavy atom. The predicted octanol–water partition coefficient (Wildman–Crippen LogP) is 2.17. The highest BCUT2D eigenvalue weighted by Crippen LogP contribution is 2.15. The first-order chi connectivity index (χ1) is 5.72. The van der Waals surface area contributed by atoms with Crippen molar-refractivity contribution in [1.29, 1.82) is 0 Å². The molecule has 1 N–H and O–H groups in total. The van der Waals surface area contributed by atoms with Gasteiger partial charge in [0.05, 0.1) is 0 Å². The fourth-order valence-corrected chi connectivity index (χ4v) is 0.771. The molecule has 65 valence electrons. The molecule has 0 aliphatic rings. The van der Waals surface area contributed by atoms with E-state index in [1.165, 1.54) is 18.2 Å². The maximum Gasteiger partial charge on any atom is 0.387 e. The summed E-state index contributed by atoms with van der Waals surface area (Å²) in [5.74, 6) is 0.0350. The molecule has 0 heterocycles. The SMILES string of the molecule is O[CH]c1cccc(OC(F)F)c1. The van der Waals surface area contributed by atoms with Crippen molar-refractivity contribution in [3.8, 4) is 5.75 Å². The first-order valence-electron chi connectivity index (χ1n) is 3.24. The van der Waals surface area contributed by atoms with Crippen LogP contribution in [0.5, 0.6) is 5.75 Å². The van der Waals surface area contributed by atoms with Gasteiger partial charge < -0.3 is 9.84 Å². The van der Waals surface area contributed by atoms with Crippen LogP contribution in [0.4, 0.5) is 8.78 Å². The summed E-state index contributed by atoms with van der Waals surface area (Å²) in [4.78, 5) is 0. The molecule has 1 rings (SSSR count). The van der Waals surface area contributed by atoms with Crippen LogP contribution in [0.2, 0.25) is 0 Å². The van der Waals surface area contributed by atoms with E-state index in [4.69, 9.17) is 5.11 Å². The third-order valence-corrected chi connectivity index (χ3v) is 1.23. The minimum atomic E-state index is -2.83. The lowest BCUT2D eigenvalue weighted by molar-refractivity contribution is -0.0498. The Morgan fingerprint density at radius 2 is 2.17 bits per heavy atom. The zero-order valence-electron chi connectivity index (χ0n) is 6.08. The number of hydrogen-bond donors (Lipinski definition) is 1. The molecule has 0 spiro atoms. The summed E-state index contributed by atoms with van der Waals surface area (Å²) in [7, 11) is 0. The molecule has 2 nitrogen and oxygen atoms in total. The van der Waals surface area contributed by atoms with Gasteiger partial charge in [-0.15, -0.1) is 0 Å². The monoisotopic (exact) mass is 173 g/mol. The van der Waals surface area contributed by atoms with E-state index in [1.807, 2.05) is 0 Å². The number of rotatable bonds is 3. The highest BCUT2D eigenvalue weighted by molar-refractivity contribution is 5.31. The smallest absolute Gasteiger partial charge is 0.387 e. The van der Waals surface area contributed by atoms with E-state index in [2.05, 4.69) is 4.74 Å². The number of hydrogen-bond acceptors (Lipinski definition) is 2. The van der Waals surface area contributed by atoms with Crippen molar-refractivity contribution < 1.29 is 18.6 Å². The normalized spacial score (nSPS) is 10.3. The van der Waals surface area contributed by atoms with E-state index in [0.717, 1.165) is 6.61 Å². The van der Waals surface area contributed by atoms with E-state index < -0.39 is 6.61 Å². The van der Waals surface area contributed by atoms with Crippen LogP contribution in [-0.2, 0) is 0 Å². The van der Waals surface area contributed by atoms with Crippen molar-refractivity contribution in [3.63, 3.8) is 0 Å². The number of aliphatic hydroxyl groups excluding tert-OH is 1. The van der Waals surface area contributed by atoms with Gasteiger partial charge >= 0.3 is 6.61 Å². The first kappa shape index (κ1) is 8.93. The van der Waals surface area contributed by atoms with Gasteiger partial charge in [0.15, 0.2) is 0 Å². The average Bonchev–Trinajstić information content (AvgIpc) is 2.03. The summed E-state index contributed by atoms with van der Waals surface area (Å²) >= 11 is 0. The number of alkyl halides is 2. The van der Waals surface area contributed by atoms with Crippen LogP contribution in [0.1, 0.15) is 5.56 Å². The molecule has 0 saturated carbocycles. The molecule has 12 heavy (non-hydrogen) atoms. The highest BCUT2D eigenvalue weighted by Gasteiger charge is 2.03. The van der Waals surface area contributed by atoms with E-state index in [0.29, 0.717) is 5.56 Å². The molecular formula is C8H7F2O2. The molecule has 1 aromatic rings.